The second-order valence-electron chi connectivity index (χ2n) is 7.20. The Morgan fingerprint density at radius 3 is 2.67 bits per heavy atom. The molecule has 6 heteroatoms. The summed E-state index contributed by atoms with van der Waals surface area (Å²) in [6.07, 6.45) is 7.26. The maximum atomic E-state index is 15.0. The second-order valence-corrected chi connectivity index (χ2v) is 7.20. The number of halogens is 1. The van der Waals surface area contributed by atoms with E-state index in [9.17, 15) is 4.79 Å². The number of hydrogen-bond acceptors (Lipinski definition) is 5. The molecule has 0 atom stereocenters. The third kappa shape index (κ3) is 3.71. The highest BCUT2D eigenvalue weighted by molar-refractivity contribution is 5.91. The lowest BCUT2D eigenvalue weighted by molar-refractivity contribution is -0.132. The predicted octanol–water partition coefficient (Wildman–Crippen LogP) is 3.24. The molecule has 0 saturated carbocycles. The van der Waals surface area contributed by atoms with Gasteiger partial charge in [0, 0.05) is 61.2 Å². The number of carbonyl (C=O) groups excluding carboxylic acids is 1. The van der Waals surface area contributed by atoms with E-state index in [-0.39, 0.29) is 25.0 Å². The Balaban J connectivity index is 1.58. The summed E-state index contributed by atoms with van der Waals surface area (Å²) in [6.45, 7) is 1.21. The van der Waals surface area contributed by atoms with Gasteiger partial charge >= 0.3 is 0 Å². The standard InChI is InChI=1S/C21H21FN4O/c1-26-8-4-21(22,5-9-26)20(27)12-18-11-17-10-15(2-3-16(17)13-25-18)19-14-23-6-7-24-19/h2-3,6-7,10-11,13-14H,4-5,8-9,12H2,1H3. The van der Waals surface area contributed by atoms with Gasteiger partial charge in [-0.25, -0.2) is 4.39 Å². The van der Waals surface area contributed by atoms with Gasteiger partial charge in [-0.05, 0) is 24.6 Å². The normalized spacial score (nSPS) is 17.1. The number of likely N-dealkylation sites (tertiary alicyclic amines) is 1. The number of hydrogen-bond donors (Lipinski definition) is 0. The zero-order valence-corrected chi connectivity index (χ0v) is 15.2. The Morgan fingerprint density at radius 2 is 1.93 bits per heavy atom. The summed E-state index contributed by atoms with van der Waals surface area (Å²) in [4.78, 5) is 27.4. The number of piperidine rings is 1. The van der Waals surface area contributed by atoms with Gasteiger partial charge in [-0.3, -0.25) is 19.7 Å². The zero-order chi connectivity index (χ0) is 18.9. The van der Waals surface area contributed by atoms with Crippen LogP contribution in [0.5, 0.6) is 0 Å². The fourth-order valence-electron chi connectivity index (χ4n) is 3.47. The quantitative estimate of drug-likeness (QED) is 0.711. The van der Waals surface area contributed by atoms with Crippen molar-refractivity contribution in [1.82, 2.24) is 19.9 Å². The summed E-state index contributed by atoms with van der Waals surface area (Å²) in [5, 5.41) is 1.92. The largest absolute Gasteiger partial charge is 0.306 e. The molecular weight excluding hydrogens is 343 g/mol. The van der Waals surface area contributed by atoms with E-state index in [4.69, 9.17) is 0 Å². The molecule has 0 N–H and O–H groups in total. The molecule has 0 unspecified atom stereocenters. The van der Waals surface area contributed by atoms with Gasteiger partial charge in [0.2, 0.25) is 0 Å². The van der Waals surface area contributed by atoms with E-state index in [2.05, 4.69) is 15.0 Å². The summed E-state index contributed by atoms with van der Waals surface area (Å²) >= 11 is 0. The SMILES string of the molecule is CN1CCC(F)(C(=O)Cc2cc3cc(-c4cnccn4)ccc3cn2)CC1. The molecule has 1 fully saturated rings. The Labute approximate surface area is 157 Å². The highest BCUT2D eigenvalue weighted by Crippen LogP contribution is 2.29. The van der Waals surface area contributed by atoms with Crippen LogP contribution in [-0.2, 0) is 11.2 Å². The van der Waals surface area contributed by atoms with E-state index in [1.165, 1.54) is 0 Å². The minimum atomic E-state index is -1.73. The molecule has 138 valence electrons. The van der Waals surface area contributed by atoms with Crippen molar-refractivity contribution in [3.05, 3.63) is 54.7 Å². The Morgan fingerprint density at radius 1 is 1.11 bits per heavy atom. The van der Waals surface area contributed by atoms with Crippen LogP contribution < -0.4 is 0 Å². The summed E-state index contributed by atoms with van der Waals surface area (Å²) < 4.78 is 15.0. The van der Waals surface area contributed by atoms with Gasteiger partial charge in [0.15, 0.2) is 11.5 Å². The van der Waals surface area contributed by atoms with E-state index in [0.717, 1.165) is 22.0 Å². The zero-order valence-electron chi connectivity index (χ0n) is 15.2. The van der Waals surface area contributed by atoms with Crippen molar-refractivity contribution in [2.45, 2.75) is 24.9 Å². The first kappa shape index (κ1) is 17.7. The molecule has 5 nitrogen and oxygen atoms in total. The first-order chi connectivity index (χ1) is 13.0. The number of Topliss-reactive ketones (excluding diaryl/α,β-unsaturated/α-hetero) is 1. The van der Waals surface area contributed by atoms with Crippen molar-refractivity contribution in [1.29, 1.82) is 0 Å². The molecular formula is C21H21FN4O. The number of pyridine rings is 1. The fraction of sp³-hybridized carbons (Fsp3) is 0.333. The lowest BCUT2D eigenvalue weighted by Crippen LogP contribution is -2.45. The van der Waals surface area contributed by atoms with E-state index in [0.29, 0.717) is 18.8 Å². The summed E-state index contributed by atoms with van der Waals surface area (Å²) in [5.41, 5.74) is 0.587. The smallest absolute Gasteiger partial charge is 0.175 e. The number of nitrogens with zero attached hydrogens (tertiary/aromatic N) is 4. The molecule has 3 aromatic rings. The molecule has 1 aromatic carbocycles. The van der Waals surface area contributed by atoms with Crippen LogP contribution in [0.1, 0.15) is 18.5 Å². The van der Waals surface area contributed by atoms with Crippen molar-refractivity contribution < 1.29 is 9.18 Å². The number of alkyl halides is 1. The molecule has 1 aliphatic heterocycles. The van der Waals surface area contributed by atoms with Gasteiger partial charge in [0.05, 0.1) is 18.3 Å². The van der Waals surface area contributed by atoms with Crippen molar-refractivity contribution in [2.24, 2.45) is 0 Å². The molecule has 3 heterocycles. The van der Waals surface area contributed by atoms with Gasteiger partial charge in [0.1, 0.15) is 0 Å². The molecule has 0 bridgehead atoms. The van der Waals surface area contributed by atoms with Crippen LogP contribution in [-0.4, -0.2) is 51.4 Å². The minimum Gasteiger partial charge on any atom is -0.306 e. The number of aromatic nitrogens is 3. The number of ketones is 1. The first-order valence-electron chi connectivity index (χ1n) is 9.09. The average molecular weight is 364 g/mol. The fourth-order valence-corrected chi connectivity index (χ4v) is 3.47. The number of fused-ring (bicyclic) bond motifs is 1. The molecule has 0 radical (unpaired) electrons. The Bertz CT molecular complexity index is 968. The maximum Gasteiger partial charge on any atom is 0.175 e. The van der Waals surface area contributed by atoms with Crippen LogP contribution in [0.4, 0.5) is 4.39 Å². The van der Waals surface area contributed by atoms with Gasteiger partial charge in [0.25, 0.3) is 0 Å². The highest BCUT2D eigenvalue weighted by Gasteiger charge is 2.40. The Hall–Kier alpha value is -2.73. The van der Waals surface area contributed by atoms with Crippen molar-refractivity contribution in [3.8, 4) is 11.3 Å². The number of rotatable bonds is 4. The minimum absolute atomic E-state index is 0.0194. The molecule has 0 spiro atoms. The first-order valence-corrected chi connectivity index (χ1v) is 9.09. The number of carbonyl (C=O) groups is 1. The van der Waals surface area contributed by atoms with Crippen LogP contribution in [0.25, 0.3) is 22.0 Å². The maximum absolute atomic E-state index is 15.0. The van der Waals surface area contributed by atoms with Crippen molar-refractivity contribution >= 4 is 16.6 Å². The lowest BCUT2D eigenvalue weighted by atomic mass is 9.87. The molecule has 27 heavy (non-hydrogen) atoms. The van der Waals surface area contributed by atoms with Crippen LogP contribution >= 0.6 is 0 Å². The molecule has 2 aromatic heterocycles. The van der Waals surface area contributed by atoms with Gasteiger partial charge in [-0.1, -0.05) is 12.1 Å². The van der Waals surface area contributed by atoms with Crippen LogP contribution in [0.15, 0.2) is 49.1 Å². The summed E-state index contributed by atoms with van der Waals surface area (Å²) in [7, 11) is 1.95. The molecule has 1 saturated heterocycles. The Kier molecular flexibility index (Phi) is 4.66. The van der Waals surface area contributed by atoms with E-state index in [1.807, 2.05) is 36.2 Å². The monoisotopic (exact) mass is 364 g/mol. The van der Waals surface area contributed by atoms with E-state index < -0.39 is 5.67 Å². The van der Waals surface area contributed by atoms with Gasteiger partial charge < -0.3 is 4.90 Å². The highest BCUT2D eigenvalue weighted by atomic mass is 19.1. The van der Waals surface area contributed by atoms with E-state index in [1.54, 1.807) is 24.8 Å². The van der Waals surface area contributed by atoms with Crippen molar-refractivity contribution in [3.63, 3.8) is 0 Å². The summed E-state index contributed by atoms with van der Waals surface area (Å²) in [5.74, 6) is -0.368. The van der Waals surface area contributed by atoms with Crippen LogP contribution in [0.3, 0.4) is 0 Å². The number of benzene rings is 1. The third-order valence-corrected chi connectivity index (χ3v) is 5.26. The van der Waals surface area contributed by atoms with Crippen LogP contribution in [0.2, 0.25) is 0 Å². The molecule has 0 amide bonds. The van der Waals surface area contributed by atoms with Crippen molar-refractivity contribution in [2.75, 3.05) is 20.1 Å². The molecule has 0 aliphatic carbocycles. The summed E-state index contributed by atoms with van der Waals surface area (Å²) in [6, 6.07) is 7.79. The predicted molar refractivity (Wildman–Crippen MR) is 102 cm³/mol. The third-order valence-electron chi connectivity index (χ3n) is 5.26. The topological polar surface area (TPSA) is 59.0 Å². The van der Waals surface area contributed by atoms with E-state index >= 15 is 4.39 Å². The van der Waals surface area contributed by atoms with Gasteiger partial charge in [-0.2, -0.15) is 0 Å². The molecule has 1 aliphatic rings. The second kappa shape index (κ2) is 7.12. The van der Waals surface area contributed by atoms with Gasteiger partial charge in [-0.15, -0.1) is 0 Å². The average Bonchev–Trinajstić information content (AvgIpc) is 2.70. The molecule has 4 rings (SSSR count). The van der Waals surface area contributed by atoms with Crippen LogP contribution in [0, 0.1) is 0 Å². The lowest BCUT2D eigenvalue weighted by Gasteiger charge is -2.33.